The fraction of sp³-hybridized carbons (Fsp3) is 0.545. The predicted octanol–water partition coefficient (Wildman–Crippen LogP) is -0.0912. The quantitative estimate of drug-likeness (QED) is 0.690. The van der Waals surface area contributed by atoms with E-state index in [9.17, 15) is 14.6 Å². The summed E-state index contributed by atoms with van der Waals surface area (Å²) < 4.78 is 28.3. The molecule has 0 radical (unpaired) electrons. The van der Waals surface area contributed by atoms with Gasteiger partial charge in [0.25, 0.3) is 0 Å². The number of fused-ring (bicyclic) bond motifs is 2. The van der Waals surface area contributed by atoms with E-state index in [1.165, 1.54) is 12.7 Å². The van der Waals surface area contributed by atoms with E-state index < -0.39 is 32.4 Å². The fourth-order valence-corrected chi connectivity index (χ4v) is 3.69. The molecule has 2 aliphatic rings. The Morgan fingerprint density at radius 2 is 2.23 bits per heavy atom. The maximum atomic E-state index is 11.5. The molecule has 0 amide bonds. The normalized spacial score (nSPS) is 38.3. The largest absolute Gasteiger partial charge is 0.472 e. The van der Waals surface area contributed by atoms with Crippen LogP contribution in [0.5, 0.6) is 0 Å². The van der Waals surface area contributed by atoms with Crippen molar-refractivity contribution in [3.63, 3.8) is 0 Å². The van der Waals surface area contributed by atoms with Gasteiger partial charge in [-0.25, -0.2) is 19.5 Å². The summed E-state index contributed by atoms with van der Waals surface area (Å²) in [6.45, 7) is 1.67. The van der Waals surface area contributed by atoms with E-state index in [2.05, 4.69) is 15.0 Å². The zero-order valence-electron chi connectivity index (χ0n) is 11.4. The third kappa shape index (κ3) is 2.08. The van der Waals surface area contributed by atoms with Crippen LogP contribution in [0.2, 0.25) is 0 Å². The molecule has 5 atom stereocenters. The highest BCUT2D eigenvalue weighted by atomic mass is 31.2. The van der Waals surface area contributed by atoms with Crippen molar-refractivity contribution in [3.05, 3.63) is 18.3 Å². The van der Waals surface area contributed by atoms with Gasteiger partial charge in [0, 0.05) is 0 Å². The first-order valence-electron chi connectivity index (χ1n) is 6.60. The molecule has 4 heterocycles. The summed E-state index contributed by atoms with van der Waals surface area (Å²) in [6.07, 6.45) is -0.703. The number of phosphoric acid groups is 1. The van der Waals surface area contributed by atoms with Crippen molar-refractivity contribution >= 4 is 19.0 Å². The molecule has 2 fully saturated rings. The second-order valence-corrected chi connectivity index (χ2v) is 6.58. The number of hydrogen-bond acceptors (Lipinski definition) is 8. The summed E-state index contributed by atoms with van der Waals surface area (Å²) in [5, 5.41) is 10.4. The van der Waals surface area contributed by atoms with Crippen LogP contribution in [-0.2, 0) is 18.3 Å². The maximum absolute atomic E-state index is 11.5. The lowest BCUT2D eigenvalue weighted by Crippen LogP contribution is -2.39. The highest BCUT2D eigenvalue weighted by Gasteiger charge is 2.52. The molecule has 11 heteroatoms. The number of imidazole rings is 1. The SMILES string of the molecule is Cc1ncnc2c1ncn2[C@@H]1O[C@@H]2COP(=O)(O)O[C@H]2[C@H]1O. The van der Waals surface area contributed by atoms with Gasteiger partial charge in [-0.3, -0.25) is 13.6 Å². The van der Waals surface area contributed by atoms with E-state index in [0.717, 1.165) is 0 Å². The number of aliphatic hydroxyl groups excluding tert-OH is 1. The molecule has 22 heavy (non-hydrogen) atoms. The van der Waals surface area contributed by atoms with Gasteiger partial charge in [0.2, 0.25) is 0 Å². The van der Waals surface area contributed by atoms with E-state index in [4.69, 9.17) is 13.8 Å². The van der Waals surface area contributed by atoms with Crippen molar-refractivity contribution < 1.29 is 28.3 Å². The first kappa shape index (κ1) is 14.2. The van der Waals surface area contributed by atoms with Crippen molar-refractivity contribution in [2.24, 2.45) is 0 Å². The van der Waals surface area contributed by atoms with E-state index in [1.807, 2.05) is 0 Å². The molecule has 2 aromatic heterocycles. The Kier molecular flexibility index (Phi) is 3.09. The van der Waals surface area contributed by atoms with Gasteiger partial charge in [0.05, 0.1) is 18.6 Å². The van der Waals surface area contributed by atoms with Crippen LogP contribution in [0.4, 0.5) is 0 Å². The molecular weight excluding hydrogens is 315 g/mol. The molecule has 0 saturated carbocycles. The predicted molar refractivity (Wildman–Crippen MR) is 70.6 cm³/mol. The number of aliphatic hydroxyl groups is 1. The van der Waals surface area contributed by atoms with E-state index in [-0.39, 0.29) is 6.61 Å². The zero-order chi connectivity index (χ0) is 15.5. The Morgan fingerprint density at radius 1 is 1.41 bits per heavy atom. The van der Waals surface area contributed by atoms with Gasteiger partial charge in [-0.15, -0.1) is 0 Å². The van der Waals surface area contributed by atoms with Crippen LogP contribution in [0.3, 0.4) is 0 Å². The number of aryl methyl sites for hydroxylation is 1. The Bertz CT molecular complexity index is 781. The van der Waals surface area contributed by atoms with Crippen molar-refractivity contribution in [2.75, 3.05) is 6.61 Å². The third-order valence-electron chi connectivity index (χ3n) is 3.78. The number of hydrogen-bond donors (Lipinski definition) is 2. The molecule has 2 N–H and O–H groups in total. The van der Waals surface area contributed by atoms with Crippen molar-refractivity contribution in [3.8, 4) is 0 Å². The lowest BCUT2D eigenvalue weighted by Gasteiger charge is -2.27. The second kappa shape index (κ2) is 4.79. The van der Waals surface area contributed by atoms with Crippen LogP contribution in [-0.4, -0.2) is 54.4 Å². The van der Waals surface area contributed by atoms with Crippen molar-refractivity contribution in [1.29, 1.82) is 0 Å². The van der Waals surface area contributed by atoms with E-state index in [1.54, 1.807) is 11.5 Å². The smallest absolute Gasteiger partial charge is 0.386 e. The summed E-state index contributed by atoms with van der Waals surface area (Å²) >= 11 is 0. The number of nitrogens with zero attached hydrogens (tertiary/aromatic N) is 4. The summed E-state index contributed by atoms with van der Waals surface area (Å²) in [5.74, 6) is 0. The Labute approximate surface area is 124 Å². The molecule has 10 nitrogen and oxygen atoms in total. The average Bonchev–Trinajstić information content (AvgIpc) is 3.01. The monoisotopic (exact) mass is 328 g/mol. The molecule has 0 bridgehead atoms. The summed E-state index contributed by atoms with van der Waals surface area (Å²) in [5.41, 5.74) is 1.80. The van der Waals surface area contributed by atoms with Crippen LogP contribution < -0.4 is 0 Å². The molecule has 2 saturated heterocycles. The fourth-order valence-electron chi connectivity index (χ4n) is 2.72. The van der Waals surface area contributed by atoms with Gasteiger partial charge >= 0.3 is 7.82 Å². The number of aromatic nitrogens is 4. The van der Waals surface area contributed by atoms with Gasteiger partial charge in [0.15, 0.2) is 11.9 Å². The Hall–Kier alpha value is -1.42. The average molecular weight is 328 g/mol. The number of ether oxygens (including phenoxy) is 1. The third-order valence-corrected chi connectivity index (χ3v) is 4.77. The van der Waals surface area contributed by atoms with Crippen molar-refractivity contribution in [2.45, 2.75) is 31.5 Å². The summed E-state index contributed by atoms with van der Waals surface area (Å²) in [4.78, 5) is 21.8. The molecule has 118 valence electrons. The topological polar surface area (TPSA) is 129 Å². The van der Waals surface area contributed by atoms with Crippen LogP contribution in [0.15, 0.2) is 12.7 Å². The minimum atomic E-state index is -4.14. The highest BCUT2D eigenvalue weighted by molar-refractivity contribution is 7.47. The van der Waals surface area contributed by atoms with Gasteiger partial charge in [-0.05, 0) is 6.92 Å². The molecule has 2 aromatic rings. The van der Waals surface area contributed by atoms with Crippen LogP contribution in [0, 0.1) is 6.92 Å². The van der Waals surface area contributed by atoms with E-state index in [0.29, 0.717) is 16.9 Å². The summed E-state index contributed by atoms with van der Waals surface area (Å²) in [6, 6.07) is 0. The molecule has 2 aliphatic heterocycles. The van der Waals surface area contributed by atoms with Crippen LogP contribution >= 0.6 is 7.82 Å². The molecule has 4 rings (SSSR count). The minimum Gasteiger partial charge on any atom is -0.386 e. The van der Waals surface area contributed by atoms with Crippen molar-refractivity contribution in [1.82, 2.24) is 19.5 Å². The number of rotatable bonds is 1. The lowest BCUT2D eigenvalue weighted by atomic mass is 10.1. The summed E-state index contributed by atoms with van der Waals surface area (Å²) in [7, 11) is -4.14. The molecular formula is C11H13N4O6P. The first-order valence-corrected chi connectivity index (χ1v) is 8.09. The molecule has 1 unspecified atom stereocenters. The standard InChI is InChI=1S/C11H13N4O6P/c1-5-7-10(13-3-12-5)15(4-14-7)11-8(16)9-6(20-11)2-19-22(17,18)21-9/h3-4,6,8-9,11,16H,2H2,1H3,(H,17,18)/t6-,8-,9-,11-/m1/s1. The van der Waals surface area contributed by atoms with Gasteiger partial charge in [-0.1, -0.05) is 0 Å². The highest BCUT2D eigenvalue weighted by Crippen LogP contribution is 2.52. The lowest BCUT2D eigenvalue weighted by molar-refractivity contribution is -0.0664. The molecule has 0 aliphatic carbocycles. The maximum Gasteiger partial charge on any atom is 0.472 e. The van der Waals surface area contributed by atoms with Gasteiger partial charge < -0.3 is 14.7 Å². The van der Waals surface area contributed by atoms with Crippen LogP contribution in [0.1, 0.15) is 11.9 Å². The van der Waals surface area contributed by atoms with E-state index >= 15 is 0 Å². The first-order chi connectivity index (χ1) is 10.5. The molecule has 0 aromatic carbocycles. The Balaban J connectivity index is 1.71. The second-order valence-electron chi connectivity index (χ2n) is 5.17. The van der Waals surface area contributed by atoms with Gasteiger partial charge in [-0.2, -0.15) is 0 Å². The zero-order valence-corrected chi connectivity index (χ0v) is 12.3. The number of phosphoric ester groups is 1. The minimum absolute atomic E-state index is 0.132. The Morgan fingerprint density at radius 3 is 3.05 bits per heavy atom. The van der Waals surface area contributed by atoms with Gasteiger partial charge in [0.1, 0.15) is 30.2 Å². The molecule has 0 spiro atoms. The van der Waals surface area contributed by atoms with Crippen LogP contribution in [0.25, 0.3) is 11.2 Å².